The van der Waals surface area contributed by atoms with Gasteiger partial charge in [0.2, 0.25) is 0 Å². The fraction of sp³-hybridized carbons (Fsp3) is 0.176. The number of oxazole rings is 1. The molecular weight excluding hydrogens is 294 g/mol. The van der Waals surface area contributed by atoms with Crippen molar-refractivity contribution in [3.05, 3.63) is 58.1 Å². The molecule has 6 nitrogen and oxygen atoms in total. The molecule has 2 aromatic carbocycles. The Labute approximate surface area is 132 Å². The van der Waals surface area contributed by atoms with E-state index in [0.29, 0.717) is 22.4 Å². The number of hydrogen-bond acceptors (Lipinski definition) is 4. The molecule has 0 atom stereocenters. The van der Waals surface area contributed by atoms with Crippen LogP contribution in [0.3, 0.4) is 0 Å². The maximum atomic E-state index is 12.5. The van der Waals surface area contributed by atoms with E-state index in [4.69, 9.17) is 4.42 Å². The highest BCUT2D eigenvalue weighted by Crippen LogP contribution is 2.22. The molecule has 0 radical (unpaired) electrons. The molecule has 0 aliphatic carbocycles. The molecule has 0 saturated carbocycles. The minimum Gasteiger partial charge on any atom is -0.408 e. The number of nitrogens with one attached hydrogen (secondary N) is 2. The van der Waals surface area contributed by atoms with E-state index in [9.17, 15) is 9.59 Å². The van der Waals surface area contributed by atoms with Crippen LogP contribution in [0.5, 0.6) is 0 Å². The lowest BCUT2D eigenvalue weighted by molar-refractivity contribution is 0.102. The average molecular weight is 311 g/mol. The molecule has 23 heavy (non-hydrogen) atoms. The molecule has 3 aromatic rings. The quantitative estimate of drug-likeness (QED) is 0.779. The molecule has 0 spiro atoms. The number of carbonyl (C=O) groups is 1. The Hall–Kier alpha value is -3.02. The summed E-state index contributed by atoms with van der Waals surface area (Å²) in [5.74, 6) is -0.791. The topological polar surface area (TPSA) is 78.3 Å². The minimum atomic E-state index is -0.548. The van der Waals surface area contributed by atoms with Crippen LogP contribution >= 0.6 is 0 Å². The molecule has 3 rings (SSSR count). The van der Waals surface area contributed by atoms with Crippen molar-refractivity contribution < 1.29 is 9.21 Å². The maximum absolute atomic E-state index is 12.5. The number of amides is 1. The van der Waals surface area contributed by atoms with Crippen molar-refractivity contribution in [2.45, 2.75) is 6.92 Å². The van der Waals surface area contributed by atoms with E-state index in [1.165, 1.54) is 0 Å². The number of aryl methyl sites for hydroxylation is 1. The second kappa shape index (κ2) is 5.64. The van der Waals surface area contributed by atoms with Crippen molar-refractivity contribution in [2.24, 2.45) is 0 Å². The summed E-state index contributed by atoms with van der Waals surface area (Å²) in [7, 11) is 3.91. The van der Waals surface area contributed by atoms with Gasteiger partial charge >= 0.3 is 5.76 Å². The maximum Gasteiger partial charge on any atom is 0.417 e. The number of aromatic nitrogens is 1. The summed E-state index contributed by atoms with van der Waals surface area (Å²) in [6.07, 6.45) is 0. The average Bonchev–Trinajstić information content (AvgIpc) is 2.88. The highest BCUT2D eigenvalue weighted by molar-refractivity contribution is 6.08. The molecule has 6 heteroatoms. The lowest BCUT2D eigenvalue weighted by Gasteiger charge is -2.16. The molecule has 0 unspecified atom stereocenters. The molecule has 118 valence electrons. The van der Waals surface area contributed by atoms with Crippen molar-refractivity contribution in [1.29, 1.82) is 0 Å². The van der Waals surface area contributed by atoms with Gasteiger partial charge in [-0.05, 0) is 42.8 Å². The van der Waals surface area contributed by atoms with Gasteiger partial charge in [-0.3, -0.25) is 9.78 Å². The van der Waals surface area contributed by atoms with Crippen LogP contribution in [0.25, 0.3) is 11.1 Å². The largest absolute Gasteiger partial charge is 0.417 e. The number of H-pyrrole nitrogens is 1. The Morgan fingerprint density at radius 3 is 2.70 bits per heavy atom. The zero-order chi connectivity index (χ0) is 16.6. The normalized spacial score (nSPS) is 10.7. The van der Waals surface area contributed by atoms with Gasteiger partial charge in [0.15, 0.2) is 5.58 Å². The Kier molecular flexibility index (Phi) is 3.65. The summed E-state index contributed by atoms with van der Waals surface area (Å²) >= 11 is 0. The van der Waals surface area contributed by atoms with E-state index in [0.717, 1.165) is 11.3 Å². The van der Waals surface area contributed by atoms with E-state index >= 15 is 0 Å². The lowest BCUT2D eigenvalue weighted by Crippen LogP contribution is -2.14. The minimum absolute atomic E-state index is 0.243. The number of hydrogen-bond donors (Lipinski definition) is 2. The number of fused-ring (bicyclic) bond motifs is 1. The van der Waals surface area contributed by atoms with E-state index in [1.54, 1.807) is 24.3 Å². The van der Waals surface area contributed by atoms with Gasteiger partial charge in [-0.1, -0.05) is 6.07 Å². The predicted molar refractivity (Wildman–Crippen MR) is 90.3 cm³/mol. The van der Waals surface area contributed by atoms with Crippen LogP contribution in [0.1, 0.15) is 15.9 Å². The lowest BCUT2D eigenvalue weighted by atomic mass is 10.1. The summed E-state index contributed by atoms with van der Waals surface area (Å²) in [5, 5.41) is 2.81. The molecule has 0 aliphatic heterocycles. The number of aromatic amines is 1. The van der Waals surface area contributed by atoms with Crippen LogP contribution in [0.15, 0.2) is 45.6 Å². The summed E-state index contributed by atoms with van der Waals surface area (Å²) in [5.41, 5.74) is 4.02. The van der Waals surface area contributed by atoms with Crippen molar-refractivity contribution in [1.82, 2.24) is 4.98 Å². The standard InChI is InChI=1S/C17H17N3O3/c1-10-9-11(7-8-13(10)20(2)3)16(21)18-12-5-4-6-14-15(12)19-17(22)23-14/h4-9H,1-3H3,(H,18,21)(H,19,22). The van der Waals surface area contributed by atoms with E-state index in [2.05, 4.69) is 10.3 Å². The summed E-state index contributed by atoms with van der Waals surface area (Å²) in [6, 6.07) is 10.6. The first-order valence-corrected chi connectivity index (χ1v) is 7.17. The van der Waals surface area contributed by atoms with E-state index < -0.39 is 5.76 Å². The fourth-order valence-corrected chi connectivity index (χ4v) is 2.57. The van der Waals surface area contributed by atoms with Crippen molar-refractivity contribution >= 4 is 28.4 Å². The highest BCUT2D eigenvalue weighted by Gasteiger charge is 2.12. The van der Waals surface area contributed by atoms with Crippen LogP contribution in [-0.4, -0.2) is 25.0 Å². The Morgan fingerprint density at radius 1 is 1.22 bits per heavy atom. The molecule has 1 aromatic heterocycles. The molecule has 1 heterocycles. The van der Waals surface area contributed by atoms with Crippen LogP contribution in [0.2, 0.25) is 0 Å². The zero-order valence-corrected chi connectivity index (χ0v) is 13.1. The second-order valence-corrected chi connectivity index (χ2v) is 5.54. The predicted octanol–water partition coefficient (Wildman–Crippen LogP) is 2.75. The van der Waals surface area contributed by atoms with E-state index in [1.807, 2.05) is 38.1 Å². The smallest absolute Gasteiger partial charge is 0.408 e. The Morgan fingerprint density at radius 2 is 2.00 bits per heavy atom. The second-order valence-electron chi connectivity index (χ2n) is 5.54. The molecule has 0 fully saturated rings. The molecule has 0 saturated heterocycles. The molecule has 0 aliphatic rings. The summed E-state index contributed by atoms with van der Waals surface area (Å²) < 4.78 is 4.99. The van der Waals surface area contributed by atoms with Crippen molar-refractivity contribution in [3.63, 3.8) is 0 Å². The number of benzene rings is 2. The molecule has 0 bridgehead atoms. The number of nitrogens with zero attached hydrogens (tertiary/aromatic N) is 1. The fourth-order valence-electron chi connectivity index (χ4n) is 2.57. The van der Waals surface area contributed by atoms with Crippen LogP contribution in [-0.2, 0) is 0 Å². The number of para-hydroxylation sites is 1. The van der Waals surface area contributed by atoms with Gasteiger partial charge in [-0.2, -0.15) is 0 Å². The van der Waals surface area contributed by atoms with Gasteiger partial charge in [0.1, 0.15) is 5.52 Å². The van der Waals surface area contributed by atoms with Crippen molar-refractivity contribution in [3.8, 4) is 0 Å². The Bertz CT molecular complexity index is 938. The summed E-state index contributed by atoms with van der Waals surface area (Å²) in [6.45, 7) is 1.96. The van der Waals surface area contributed by atoms with E-state index in [-0.39, 0.29) is 5.91 Å². The van der Waals surface area contributed by atoms with Gasteiger partial charge in [0.25, 0.3) is 5.91 Å². The highest BCUT2D eigenvalue weighted by atomic mass is 16.4. The first-order chi connectivity index (χ1) is 11.0. The van der Waals surface area contributed by atoms with Crippen LogP contribution in [0, 0.1) is 6.92 Å². The van der Waals surface area contributed by atoms with Gasteiger partial charge in [0, 0.05) is 25.3 Å². The zero-order valence-electron chi connectivity index (χ0n) is 13.1. The number of carbonyl (C=O) groups excluding carboxylic acids is 1. The third-order valence-corrected chi connectivity index (χ3v) is 3.64. The molecular formula is C17H17N3O3. The third kappa shape index (κ3) is 2.83. The molecule has 2 N–H and O–H groups in total. The first kappa shape index (κ1) is 14.9. The van der Waals surface area contributed by atoms with Gasteiger partial charge in [-0.25, -0.2) is 4.79 Å². The summed E-state index contributed by atoms with van der Waals surface area (Å²) in [4.78, 5) is 28.3. The van der Waals surface area contributed by atoms with Crippen molar-refractivity contribution in [2.75, 3.05) is 24.3 Å². The number of rotatable bonds is 3. The third-order valence-electron chi connectivity index (χ3n) is 3.64. The van der Waals surface area contributed by atoms with Crippen LogP contribution in [0.4, 0.5) is 11.4 Å². The number of anilines is 2. The van der Waals surface area contributed by atoms with Crippen LogP contribution < -0.4 is 16.0 Å². The SMILES string of the molecule is Cc1cc(C(=O)Nc2cccc3oc(=O)[nH]c23)ccc1N(C)C. The monoisotopic (exact) mass is 311 g/mol. The first-order valence-electron chi connectivity index (χ1n) is 7.17. The Balaban J connectivity index is 1.92. The van der Waals surface area contributed by atoms with Gasteiger partial charge < -0.3 is 14.6 Å². The van der Waals surface area contributed by atoms with Gasteiger partial charge in [-0.15, -0.1) is 0 Å². The van der Waals surface area contributed by atoms with Gasteiger partial charge in [0.05, 0.1) is 5.69 Å². The molecule has 1 amide bonds.